The molecule has 1 atom stereocenters. The molecule has 1 aliphatic heterocycles. The molecule has 0 aromatic rings. The summed E-state index contributed by atoms with van der Waals surface area (Å²) >= 11 is 0. The smallest absolute Gasteiger partial charge is 0.412 e. The van der Waals surface area contributed by atoms with E-state index >= 15 is 0 Å². The summed E-state index contributed by atoms with van der Waals surface area (Å²) in [5, 5.41) is -3.38. The van der Waals surface area contributed by atoms with Crippen LogP contribution in [0.1, 0.15) is 6.42 Å². The Morgan fingerprint density at radius 3 is 2.03 bits per heavy atom. The van der Waals surface area contributed by atoms with Crippen molar-refractivity contribution in [3.63, 3.8) is 0 Å². The van der Waals surface area contributed by atoms with Gasteiger partial charge >= 0.3 is 45.1 Å². The molecule has 180 valence electrons. The van der Waals surface area contributed by atoms with Crippen LogP contribution in [0.4, 0.5) is 30.7 Å². The SMILES string of the molecule is C=CC(=O)OC(OCCC(F)(F)C(F)(F)S(=O)(=O)O)(C(=O)N1CCNCC1)C(F)(F)F. The predicted molar refractivity (Wildman–Crippen MR) is 86.5 cm³/mol. The molecule has 1 saturated heterocycles. The normalized spacial score (nSPS) is 18.3. The van der Waals surface area contributed by atoms with Gasteiger partial charge in [-0.1, -0.05) is 6.58 Å². The summed E-state index contributed by atoms with van der Waals surface area (Å²) in [5.74, 6) is -14.0. The first-order valence-corrected chi connectivity index (χ1v) is 9.66. The van der Waals surface area contributed by atoms with Crippen LogP contribution in [0.15, 0.2) is 12.7 Å². The highest BCUT2D eigenvalue weighted by Crippen LogP contribution is 2.42. The van der Waals surface area contributed by atoms with E-state index in [2.05, 4.69) is 21.4 Å². The zero-order chi connectivity index (χ0) is 24.3. The lowest BCUT2D eigenvalue weighted by molar-refractivity contribution is -0.352. The van der Waals surface area contributed by atoms with Crippen molar-refractivity contribution < 1.29 is 62.8 Å². The van der Waals surface area contributed by atoms with Crippen LogP contribution in [0.3, 0.4) is 0 Å². The number of esters is 1. The molecule has 1 rings (SSSR count). The lowest BCUT2D eigenvalue weighted by atomic mass is 10.2. The number of piperazine rings is 1. The Kier molecular flexibility index (Phi) is 8.08. The van der Waals surface area contributed by atoms with Crippen molar-refractivity contribution in [1.29, 1.82) is 0 Å². The van der Waals surface area contributed by atoms with E-state index in [1.807, 2.05) is 0 Å². The summed E-state index contributed by atoms with van der Waals surface area (Å²) in [6.07, 6.45) is -8.07. The molecule has 0 bridgehead atoms. The molecule has 1 aliphatic rings. The van der Waals surface area contributed by atoms with Gasteiger partial charge in [0.25, 0.3) is 0 Å². The molecule has 0 aromatic carbocycles. The predicted octanol–water partition coefficient (Wildman–Crippen LogP) is 0.929. The van der Waals surface area contributed by atoms with Crippen molar-refractivity contribution in [3.05, 3.63) is 12.7 Å². The Morgan fingerprint density at radius 2 is 1.61 bits per heavy atom. The van der Waals surface area contributed by atoms with Gasteiger partial charge in [-0.25, -0.2) is 4.79 Å². The maximum Gasteiger partial charge on any atom is 0.466 e. The van der Waals surface area contributed by atoms with E-state index in [0.717, 1.165) is 0 Å². The van der Waals surface area contributed by atoms with Gasteiger partial charge in [-0.15, -0.1) is 0 Å². The lowest BCUT2D eigenvalue weighted by Crippen LogP contribution is -2.64. The van der Waals surface area contributed by atoms with Gasteiger partial charge in [-0.3, -0.25) is 9.35 Å². The minimum atomic E-state index is -6.65. The van der Waals surface area contributed by atoms with Crippen LogP contribution >= 0.6 is 0 Å². The quantitative estimate of drug-likeness (QED) is 0.161. The van der Waals surface area contributed by atoms with E-state index < -0.39 is 58.2 Å². The number of nitrogens with one attached hydrogen (secondary N) is 1. The fraction of sp³-hybridized carbons (Fsp3) is 0.714. The van der Waals surface area contributed by atoms with Crippen LogP contribution in [0.25, 0.3) is 0 Å². The van der Waals surface area contributed by atoms with E-state index in [-0.39, 0.29) is 32.3 Å². The molecule has 0 aromatic heterocycles. The summed E-state index contributed by atoms with van der Waals surface area (Å²) in [7, 11) is -6.65. The van der Waals surface area contributed by atoms with E-state index in [1.165, 1.54) is 0 Å². The highest BCUT2D eigenvalue weighted by Gasteiger charge is 2.69. The molecule has 2 N–H and O–H groups in total. The van der Waals surface area contributed by atoms with E-state index in [9.17, 15) is 48.7 Å². The number of halogens is 7. The fourth-order valence-electron chi connectivity index (χ4n) is 2.31. The van der Waals surface area contributed by atoms with Crippen molar-refractivity contribution in [3.8, 4) is 0 Å². The van der Waals surface area contributed by atoms with Gasteiger partial charge in [0.2, 0.25) is 0 Å². The molecular weight excluding hydrogens is 473 g/mol. The van der Waals surface area contributed by atoms with E-state index in [4.69, 9.17) is 4.55 Å². The Labute approximate surface area is 170 Å². The van der Waals surface area contributed by atoms with Gasteiger partial charge in [-0.2, -0.15) is 39.2 Å². The lowest BCUT2D eigenvalue weighted by Gasteiger charge is -2.38. The molecule has 0 spiro atoms. The fourth-order valence-corrected chi connectivity index (χ4v) is 2.79. The Morgan fingerprint density at radius 1 is 1.10 bits per heavy atom. The first kappa shape index (κ1) is 27.1. The zero-order valence-electron chi connectivity index (χ0n) is 15.4. The summed E-state index contributed by atoms with van der Waals surface area (Å²) in [6, 6.07) is 0. The zero-order valence-corrected chi connectivity index (χ0v) is 16.2. The van der Waals surface area contributed by atoms with Crippen molar-refractivity contribution in [2.45, 2.75) is 29.6 Å². The average Bonchev–Trinajstić information content (AvgIpc) is 2.65. The van der Waals surface area contributed by atoms with E-state index in [1.54, 1.807) is 0 Å². The second-order valence-corrected chi connectivity index (χ2v) is 7.54. The third kappa shape index (κ3) is 5.64. The van der Waals surface area contributed by atoms with Crippen molar-refractivity contribution >= 4 is 22.0 Å². The van der Waals surface area contributed by atoms with Crippen LogP contribution in [0, 0.1) is 0 Å². The van der Waals surface area contributed by atoms with Crippen molar-refractivity contribution in [2.24, 2.45) is 0 Å². The molecule has 1 fully saturated rings. The minimum absolute atomic E-state index is 0.0216. The Bertz CT molecular complexity index is 797. The maximum atomic E-state index is 13.7. The number of carbonyl (C=O) groups is 2. The van der Waals surface area contributed by atoms with Gasteiger partial charge in [-0.05, 0) is 0 Å². The van der Waals surface area contributed by atoms with Gasteiger partial charge in [0.05, 0.1) is 6.61 Å². The van der Waals surface area contributed by atoms with Crippen LogP contribution in [-0.4, -0.2) is 85.7 Å². The highest BCUT2D eigenvalue weighted by molar-refractivity contribution is 7.87. The van der Waals surface area contributed by atoms with Gasteiger partial charge in [0.15, 0.2) is 0 Å². The van der Waals surface area contributed by atoms with Gasteiger partial charge in [0, 0.05) is 38.7 Å². The van der Waals surface area contributed by atoms with Gasteiger partial charge in [0.1, 0.15) is 0 Å². The standard InChI is InChI=1S/C14H17F7N2O7S/c1-2-9(24)30-12(13(17,18)19,10(25)23-6-4-22-5-7-23)29-8-3-11(15,16)14(20,21)31(26,27)28/h2,22H,1,3-8H2,(H,26,27,28). The second-order valence-electron chi connectivity index (χ2n) is 6.08. The maximum absolute atomic E-state index is 13.7. The van der Waals surface area contributed by atoms with Crippen molar-refractivity contribution in [1.82, 2.24) is 10.2 Å². The second kappa shape index (κ2) is 9.25. The van der Waals surface area contributed by atoms with Crippen LogP contribution in [0.2, 0.25) is 0 Å². The minimum Gasteiger partial charge on any atom is -0.412 e. The summed E-state index contributed by atoms with van der Waals surface area (Å²) < 4.78 is 132. The monoisotopic (exact) mass is 490 g/mol. The molecule has 0 radical (unpaired) electrons. The van der Waals surface area contributed by atoms with E-state index in [0.29, 0.717) is 4.90 Å². The third-order valence-electron chi connectivity index (χ3n) is 3.94. The molecule has 9 nitrogen and oxygen atoms in total. The van der Waals surface area contributed by atoms with Crippen LogP contribution in [-0.2, 0) is 29.2 Å². The Balaban J connectivity index is 3.26. The van der Waals surface area contributed by atoms with Crippen LogP contribution < -0.4 is 5.32 Å². The highest BCUT2D eigenvalue weighted by atomic mass is 32.2. The number of nitrogens with zero attached hydrogens (tertiary/aromatic N) is 1. The molecule has 0 saturated carbocycles. The molecular formula is C14H17F7N2O7S. The molecule has 1 amide bonds. The number of hydrogen-bond donors (Lipinski definition) is 2. The number of alkyl halides is 7. The van der Waals surface area contributed by atoms with Crippen LogP contribution in [0.5, 0.6) is 0 Å². The number of carbonyl (C=O) groups excluding carboxylic acids is 2. The van der Waals surface area contributed by atoms with Gasteiger partial charge < -0.3 is 19.7 Å². The molecule has 1 heterocycles. The summed E-state index contributed by atoms with van der Waals surface area (Å²) in [4.78, 5) is 24.5. The topological polar surface area (TPSA) is 122 Å². The molecule has 17 heteroatoms. The number of amides is 1. The first-order valence-electron chi connectivity index (χ1n) is 8.22. The molecule has 0 aliphatic carbocycles. The summed E-state index contributed by atoms with van der Waals surface area (Å²) in [6.45, 7) is 0.185. The number of ether oxygens (including phenoxy) is 2. The molecule has 31 heavy (non-hydrogen) atoms. The number of rotatable bonds is 9. The summed E-state index contributed by atoms with van der Waals surface area (Å²) in [5.41, 5.74) is 0. The average molecular weight is 490 g/mol. The molecule has 1 unspecified atom stereocenters. The first-order chi connectivity index (χ1) is 13.9. The number of hydrogen-bond acceptors (Lipinski definition) is 7. The van der Waals surface area contributed by atoms with Crippen molar-refractivity contribution in [2.75, 3.05) is 32.8 Å². The largest absolute Gasteiger partial charge is 0.466 e. The Hall–Kier alpha value is -1.98. The third-order valence-corrected chi connectivity index (χ3v) is 4.89.